The molecule has 0 amide bonds. The molecule has 7 heteroatoms. The average molecular weight is 412 g/mol. The summed E-state index contributed by atoms with van der Waals surface area (Å²) in [5.74, 6) is 0. The van der Waals surface area contributed by atoms with Gasteiger partial charge in [-0.15, -0.1) is 4.33 Å². The molecule has 0 spiro atoms. The van der Waals surface area contributed by atoms with Crippen molar-refractivity contribution in [1.29, 1.82) is 0 Å². The first-order valence-corrected chi connectivity index (χ1v) is 12.3. The molecule has 0 aromatic carbocycles. The molecule has 0 N–H and O–H groups in total. The number of rotatable bonds is 17. The Kier molecular flexibility index (Phi) is 20.5. The molecule has 0 saturated heterocycles. The second-order valence-electron chi connectivity index (χ2n) is 7.08. The van der Waals surface area contributed by atoms with Crippen molar-refractivity contribution in [2.45, 2.75) is 98.8 Å². The van der Waals surface area contributed by atoms with E-state index in [0.29, 0.717) is 0 Å². The van der Waals surface area contributed by atoms with Crippen molar-refractivity contribution >= 4 is 10.4 Å². The highest BCUT2D eigenvalue weighted by molar-refractivity contribution is 7.80. The Morgan fingerprint density at radius 2 is 1.11 bits per heavy atom. The van der Waals surface area contributed by atoms with E-state index >= 15 is 0 Å². The minimum absolute atomic E-state index is 0.0292. The zero-order valence-corrected chi connectivity index (χ0v) is 19.3. The first-order chi connectivity index (χ1) is 12.8. The first-order valence-electron chi connectivity index (χ1n) is 10.9. The van der Waals surface area contributed by atoms with Gasteiger partial charge in [0.15, 0.2) is 0 Å². The van der Waals surface area contributed by atoms with Gasteiger partial charge in [0.05, 0.1) is 32.8 Å². The van der Waals surface area contributed by atoms with Crippen molar-refractivity contribution in [1.82, 2.24) is 0 Å². The van der Waals surface area contributed by atoms with Crippen molar-refractivity contribution < 1.29 is 26.7 Å². The lowest BCUT2D eigenvalue weighted by molar-refractivity contribution is -0.923. The first kappa shape index (κ1) is 29.0. The molecule has 0 aliphatic carbocycles. The zero-order chi connectivity index (χ0) is 21.0. The molecular formula is C20H45NO5S. The van der Waals surface area contributed by atoms with E-state index in [4.69, 9.17) is 0 Å². The number of unbranched alkanes of at least 4 members (excludes halogenated alkanes) is 9. The van der Waals surface area contributed by atoms with Gasteiger partial charge in [0, 0.05) is 0 Å². The molecule has 0 fully saturated rings. The summed E-state index contributed by atoms with van der Waals surface area (Å²) in [6.07, 6.45) is 14.5. The summed E-state index contributed by atoms with van der Waals surface area (Å²) in [7, 11) is -4.66. The molecular weight excluding hydrogens is 366 g/mol. The highest BCUT2D eigenvalue weighted by Gasteiger charge is 2.19. The Bertz CT molecular complexity index is 389. The highest BCUT2D eigenvalue weighted by atomic mass is 32.3. The lowest BCUT2D eigenvalue weighted by atomic mass is 10.1. The van der Waals surface area contributed by atoms with Crippen molar-refractivity contribution in [3.63, 3.8) is 0 Å². The largest absolute Gasteiger partial charge is 0.724 e. The third-order valence-corrected chi connectivity index (χ3v) is 5.51. The Morgan fingerprint density at radius 3 is 1.41 bits per heavy atom. The van der Waals surface area contributed by atoms with Crippen LogP contribution in [0.1, 0.15) is 98.8 Å². The van der Waals surface area contributed by atoms with Crippen molar-refractivity contribution in [2.24, 2.45) is 0 Å². The maximum atomic E-state index is 9.49. The summed E-state index contributed by atoms with van der Waals surface area (Å²) >= 11 is 0. The molecule has 0 aliphatic rings. The molecule has 0 bridgehead atoms. The molecule has 0 aliphatic heterocycles. The zero-order valence-electron chi connectivity index (χ0n) is 18.5. The van der Waals surface area contributed by atoms with Crippen LogP contribution >= 0.6 is 0 Å². The third-order valence-electron chi connectivity index (χ3n) is 5.25. The molecule has 0 radical (unpaired) electrons. The average Bonchev–Trinajstić information content (AvgIpc) is 2.65. The molecule has 0 rings (SSSR count). The summed E-state index contributed by atoms with van der Waals surface area (Å²) < 4.78 is 33.1. The number of hydrogen-bond acceptors (Lipinski definition) is 5. The van der Waals surface area contributed by atoms with Crippen LogP contribution in [0.15, 0.2) is 0 Å². The molecule has 0 saturated carbocycles. The molecule has 166 valence electrons. The van der Waals surface area contributed by atoms with Gasteiger partial charge >= 0.3 is 0 Å². The van der Waals surface area contributed by atoms with Gasteiger partial charge in [-0.1, -0.05) is 58.3 Å². The Balaban J connectivity index is 0. The SMILES string of the molecule is CCCCCCCCCCCC[N+](CC)(CC)CC.CCOOS(=O)(=O)[O-]. The third kappa shape index (κ3) is 20.3. The molecule has 27 heavy (non-hydrogen) atoms. The van der Waals surface area contributed by atoms with E-state index in [0.717, 1.165) is 0 Å². The van der Waals surface area contributed by atoms with Crippen LogP contribution in [0.25, 0.3) is 0 Å². The van der Waals surface area contributed by atoms with Crippen LogP contribution in [0.2, 0.25) is 0 Å². The highest BCUT2D eigenvalue weighted by Crippen LogP contribution is 2.13. The van der Waals surface area contributed by atoms with Gasteiger partial charge in [0.25, 0.3) is 0 Å². The second-order valence-corrected chi connectivity index (χ2v) is 8.03. The van der Waals surface area contributed by atoms with Gasteiger partial charge < -0.3 is 9.04 Å². The van der Waals surface area contributed by atoms with Crippen molar-refractivity contribution in [3.05, 3.63) is 0 Å². The minimum atomic E-state index is -4.66. The van der Waals surface area contributed by atoms with Crippen molar-refractivity contribution in [2.75, 3.05) is 32.8 Å². The molecule has 6 nitrogen and oxygen atoms in total. The quantitative estimate of drug-likeness (QED) is 0.0821. The van der Waals surface area contributed by atoms with Crippen molar-refractivity contribution in [3.8, 4) is 0 Å². The standard InChI is InChI=1S/C18H40N.C2H6O5S/c1-5-9-10-11-12-13-14-15-16-17-18-19(6-2,7-3)8-4;1-2-6-7-8(3,4)5/h5-18H2,1-4H3;2H2,1H3,(H,3,4,5)/q+1;/p-1. The van der Waals surface area contributed by atoms with E-state index in [2.05, 4.69) is 36.9 Å². The fourth-order valence-electron chi connectivity index (χ4n) is 3.19. The Hall–Kier alpha value is -0.210. The van der Waals surface area contributed by atoms with E-state index < -0.39 is 10.4 Å². The van der Waals surface area contributed by atoms with E-state index in [1.807, 2.05) is 0 Å². The fourth-order valence-corrected chi connectivity index (χ4v) is 3.40. The van der Waals surface area contributed by atoms with Crippen LogP contribution in [0, 0.1) is 0 Å². The molecule has 0 heterocycles. The summed E-state index contributed by atoms with van der Waals surface area (Å²) in [5, 5.41) is 0. The van der Waals surface area contributed by atoms with Gasteiger partial charge in [-0.05, 0) is 40.5 Å². The summed E-state index contributed by atoms with van der Waals surface area (Å²) in [4.78, 5) is 3.80. The van der Waals surface area contributed by atoms with Crippen LogP contribution in [0.3, 0.4) is 0 Å². The van der Waals surface area contributed by atoms with E-state index in [-0.39, 0.29) is 6.61 Å². The normalized spacial score (nSPS) is 11.9. The van der Waals surface area contributed by atoms with E-state index in [1.165, 1.54) is 102 Å². The topological polar surface area (TPSA) is 75.7 Å². The van der Waals surface area contributed by atoms with Gasteiger partial charge in [-0.2, -0.15) is 0 Å². The van der Waals surface area contributed by atoms with E-state index in [9.17, 15) is 13.0 Å². The predicted octanol–water partition coefficient (Wildman–Crippen LogP) is 5.20. The Morgan fingerprint density at radius 1 is 0.704 bits per heavy atom. The minimum Gasteiger partial charge on any atom is -0.724 e. The van der Waals surface area contributed by atoms with Crippen LogP contribution < -0.4 is 0 Å². The van der Waals surface area contributed by atoms with Crippen LogP contribution in [-0.2, 0) is 19.6 Å². The van der Waals surface area contributed by atoms with Gasteiger partial charge in [0.1, 0.15) is 0 Å². The van der Waals surface area contributed by atoms with Crippen LogP contribution in [0.5, 0.6) is 0 Å². The predicted molar refractivity (Wildman–Crippen MR) is 111 cm³/mol. The van der Waals surface area contributed by atoms with Gasteiger partial charge in [0.2, 0.25) is 10.4 Å². The second kappa shape index (κ2) is 19.1. The number of quaternary nitrogens is 1. The van der Waals surface area contributed by atoms with Crippen LogP contribution in [-0.4, -0.2) is 50.2 Å². The maximum absolute atomic E-state index is 9.49. The monoisotopic (exact) mass is 411 g/mol. The van der Waals surface area contributed by atoms with Crippen LogP contribution in [0.4, 0.5) is 0 Å². The summed E-state index contributed by atoms with van der Waals surface area (Å²) in [6.45, 7) is 16.2. The lowest BCUT2D eigenvalue weighted by Gasteiger charge is -2.35. The van der Waals surface area contributed by atoms with Gasteiger partial charge in [-0.3, -0.25) is 0 Å². The number of hydrogen-bond donors (Lipinski definition) is 0. The van der Waals surface area contributed by atoms with Gasteiger partial charge in [-0.25, -0.2) is 13.3 Å². The molecule has 0 aromatic rings. The lowest BCUT2D eigenvalue weighted by Crippen LogP contribution is -2.48. The molecule has 0 unspecified atom stereocenters. The molecule has 0 aromatic heterocycles. The Labute approximate surface area is 169 Å². The number of nitrogens with zero attached hydrogens (tertiary/aromatic N) is 1. The smallest absolute Gasteiger partial charge is 0.245 e. The summed E-state index contributed by atoms with van der Waals surface area (Å²) in [5.41, 5.74) is 0. The summed E-state index contributed by atoms with van der Waals surface area (Å²) in [6, 6.07) is 0. The molecule has 0 atom stereocenters. The fraction of sp³-hybridized carbons (Fsp3) is 1.00. The maximum Gasteiger partial charge on any atom is 0.245 e. The van der Waals surface area contributed by atoms with E-state index in [1.54, 1.807) is 0 Å².